The van der Waals surface area contributed by atoms with Crippen LogP contribution in [0.5, 0.6) is 5.88 Å². The molecule has 6 nitrogen and oxygen atoms in total. The molecule has 1 aromatic heterocycles. The Morgan fingerprint density at radius 1 is 1.17 bits per heavy atom. The Labute approximate surface area is 108 Å². The van der Waals surface area contributed by atoms with Crippen LogP contribution in [-0.4, -0.2) is 50.1 Å². The summed E-state index contributed by atoms with van der Waals surface area (Å²) in [6.45, 7) is 6.92. The van der Waals surface area contributed by atoms with Gasteiger partial charge in [-0.1, -0.05) is 0 Å². The van der Waals surface area contributed by atoms with E-state index in [1.165, 1.54) is 6.33 Å². The van der Waals surface area contributed by atoms with Crippen LogP contribution in [0.4, 0.5) is 5.82 Å². The molecule has 0 aliphatic rings. The van der Waals surface area contributed by atoms with Gasteiger partial charge in [0.15, 0.2) is 0 Å². The van der Waals surface area contributed by atoms with Gasteiger partial charge in [0.25, 0.3) is 0 Å². The molecule has 0 unspecified atom stereocenters. The van der Waals surface area contributed by atoms with E-state index in [9.17, 15) is 0 Å². The summed E-state index contributed by atoms with van der Waals surface area (Å²) in [5.41, 5.74) is 0.913. The lowest BCUT2D eigenvalue weighted by atomic mass is 10.3. The summed E-state index contributed by atoms with van der Waals surface area (Å²) in [6.07, 6.45) is 1.49. The van der Waals surface area contributed by atoms with Gasteiger partial charge >= 0.3 is 0 Å². The van der Waals surface area contributed by atoms with Crippen molar-refractivity contribution in [3.63, 3.8) is 0 Å². The van der Waals surface area contributed by atoms with Gasteiger partial charge in [0.2, 0.25) is 5.88 Å². The zero-order chi connectivity index (χ0) is 13.2. The number of rotatable bonds is 9. The third-order valence-electron chi connectivity index (χ3n) is 2.28. The summed E-state index contributed by atoms with van der Waals surface area (Å²) in [7, 11) is 1.65. The monoisotopic (exact) mass is 255 g/mol. The Hall–Kier alpha value is -1.40. The maximum absolute atomic E-state index is 5.55. The zero-order valence-corrected chi connectivity index (χ0v) is 11.2. The molecule has 1 aromatic rings. The Morgan fingerprint density at radius 3 is 2.67 bits per heavy atom. The fourth-order valence-corrected chi connectivity index (χ4v) is 1.37. The van der Waals surface area contributed by atoms with Crippen molar-refractivity contribution in [2.24, 2.45) is 0 Å². The van der Waals surface area contributed by atoms with Crippen LogP contribution in [0, 0.1) is 6.92 Å². The SMILES string of the molecule is CCNc1ncnc(OCCOCCOC)c1C. The lowest BCUT2D eigenvalue weighted by Gasteiger charge is -2.11. The average molecular weight is 255 g/mol. The molecule has 1 heterocycles. The first kappa shape index (κ1) is 14.7. The molecule has 0 bridgehead atoms. The van der Waals surface area contributed by atoms with E-state index in [1.54, 1.807) is 7.11 Å². The Morgan fingerprint density at radius 2 is 1.94 bits per heavy atom. The number of nitrogens with zero attached hydrogens (tertiary/aromatic N) is 2. The minimum Gasteiger partial charge on any atom is -0.475 e. The standard InChI is InChI=1S/C12H21N3O3/c1-4-13-11-10(2)12(15-9-14-11)18-8-7-17-6-5-16-3/h9H,4-8H2,1-3H3,(H,13,14,15). The maximum Gasteiger partial charge on any atom is 0.221 e. The van der Waals surface area contributed by atoms with Crippen LogP contribution in [0.1, 0.15) is 12.5 Å². The molecule has 0 fully saturated rings. The molecule has 0 spiro atoms. The summed E-state index contributed by atoms with van der Waals surface area (Å²) in [6, 6.07) is 0. The van der Waals surface area contributed by atoms with Gasteiger partial charge in [-0.25, -0.2) is 9.97 Å². The van der Waals surface area contributed by atoms with Gasteiger partial charge in [-0.15, -0.1) is 0 Å². The van der Waals surface area contributed by atoms with Crippen molar-refractivity contribution in [1.29, 1.82) is 0 Å². The number of methoxy groups -OCH3 is 1. The molecule has 1 N–H and O–H groups in total. The van der Waals surface area contributed by atoms with Gasteiger partial charge in [-0.3, -0.25) is 0 Å². The summed E-state index contributed by atoms with van der Waals surface area (Å²) < 4.78 is 15.7. The number of hydrogen-bond acceptors (Lipinski definition) is 6. The van der Waals surface area contributed by atoms with Crippen LogP contribution in [-0.2, 0) is 9.47 Å². The van der Waals surface area contributed by atoms with Gasteiger partial charge in [0.05, 0.1) is 25.4 Å². The topological polar surface area (TPSA) is 65.5 Å². The fourth-order valence-electron chi connectivity index (χ4n) is 1.37. The highest BCUT2D eigenvalue weighted by atomic mass is 16.5. The summed E-state index contributed by atoms with van der Waals surface area (Å²) in [5, 5.41) is 3.16. The predicted octanol–water partition coefficient (Wildman–Crippen LogP) is 1.26. The number of aromatic nitrogens is 2. The van der Waals surface area contributed by atoms with Crippen LogP contribution < -0.4 is 10.1 Å². The van der Waals surface area contributed by atoms with Crippen molar-refractivity contribution in [3.8, 4) is 5.88 Å². The maximum atomic E-state index is 5.55. The van der Waals surface area contributed by atoms with Crippen LogP contribution in [0.2, 0.25) is 0 Å². The molecule has 0 aliphatic carbocycles. The first-order valence-corrected chi connectivity index (χ1v) is 6.04. The van der Waals surface area contributed by atoms with Crippen LogP contribution in [0.3, 0.4) is 0 Å². The van der Waals surface area contributed by atoms with E-state index in [0.717, 1.165) is 17.9 Å². The second-order valence-electron chi connectivity index (χ2n) is 3.64. The minimum atomic E-state index is 0.465. The smallest absolute Gasteiger partial charge is 0.221 e. The van der Waals surface area contributed by atoms with Crippen molar-refractivity contribution in [1.82, 2.24) is 9.97 Å². The average Bonchev–Trinajstić information content (AvgIpc) is 2.38. The van der Waals surface area contributed by atoms with E-state index >= 15 is 0 Å². The minimum absolute atomic E-state index is 0.465. The molecule has 0 aromatic carbocycles. The molecular formula is C12H21N3O3. The number of ether oxygens (including phenoxy) is 3. The van der Waals surface area contributed by atoms with E-state index in [0.29, 0.717) is 32.3 Å². The molecule has 0 saturated heterocycles. The van der Waals surface area contributed by atoms with Crippen LogP contribution in [0.15, 0.2) is 6.33 Å². The summed E-state index contributed by atoms with van der Waals surface area (Å²) >= 11 is 0. The lowest BCUT2D eigenvalue weighted by Crippen LogP contribution is -2.12. The quantitative estimate of drug-likeness (QED) is 0.670. The van der Waals surface area contributed by atoms with Gasteiger partial charge in [-0.2, -0.15) is 0 Å². The van der Waals surface area contributed by atoms with Crippen molar-refractivity contribution < 1.29 is 14.2 Å². The highest BCUT2D eigenvalue weighted by Gasteiger charge is 2.06. The van der Waals surface area contributed by atoms with E-state index in [1.807, 2.05) is 13.8 Å². The highest BCUT2D eigenvalue weighted by Crippen LogP contribution is 2.19. The molecule has 6 heteroatoms. The van der Waals surface area contributed by atoms with Gasteiger partial charge in [0, 0.05) is 13.7 Å². The third kappa shape index (κ3) is 4.85. The van der Waals surface area contributed by atoms with Gasteiger partial charge in [-0.05, 0) is 13.8 Å². The normalized spacial score (nSPS) is 10.4. The molecule has 1 rings (SSSR count). The summed E-state index contributed by atoms with van der Waals surface area (Å²) in [4.78, 5) is 8.25. The first-order valence-electron chi connectivity index (χ1n) is 6.04. The molecule has 0 radical (unpaired) electrons. The second kappa shape index (κ2) is 8.66. The summed E-state index contributed by atoms with van der Waals surface area (Å²) in [5.74, 6) is 1.40. The largest absolute Gasteiger partial charge is 0.475 e. The van der Waals surface area contributed by atoms with E-state index in [2.05, 4.69) is 15.3 Å². The second-order valence-corrected chi connectivity index (χ2v) is 3.64. The predicted molar refractivity (Wildman–Crippen MR) is 69.1 cm³/mol. The third-order valence-corrected chi connectivity index (χ3v) is 2.28. The van der Waals surface area contributed by atoms with E-state index < -0.39 is 0 Å². The fraction of sp³-hybridized carbons (Fsp3) is 0.667. The molecule has 0 amide bonds. The van der Waals surface area contributed by atoms with Crippen LogP contribution in [0.25, 0.3) is 0 Å². The zero-order valence-electron chi connectivity index (χ0n) is 11.2. The van der Waals surface area contributed by atoms with Crippen molar-refractivity contribution >= 4 is 5.82 Å². The molecule has 18 heavy (non-hydrogen) atoms. The van der Waals surface area contributed by atoms with E-state index in [-0.39, 0.29) is 0 Å². The Kier molecular flexibility index (Phi) is 7.05. The molecule has 102 valence electrons. The highest BCUT2D eigenvalue weighted by molar-refractivity contribution is 5.47. The Balaban J connectivity index is 2.35. The number of hydrogen-bond donors (Lipinski definition) is 1. The lowest BCUT2D eigenvalue weighted by molar-refractivity contribution is 0.0535. The molecular weight excluding hydrogens is 234 g/mol. The van der Waals surface area contributed by atoms with Crippen molar-refractivity contribution in [3.05, 3.63) is 11.9 Å². The van der Waals surface area contributed by atoms with Crippen molar-refractivity contribution in [2.45, 2.75) is 13.8 Å². The van der Waals surface area contributed by atoms with Gasteiger partial charge < -0.3 is 19.5 Å². The molecule has 0 atom stereocenters. The first-order chi connectivity index (χ1) is 8.79. The van der Waals surface area contributed by atoms with E-state index in [4.69, 9.17) is 14.2 Å². The number of nitrogens with one attached hydrogen (secondary N) is 1. The molecule has 0 saturated carbocycles. The Bertz CT molecular complexity index is 347. The molecule has 0 aliphatic heterocycles. The van der Waals surface area contributed by atoms with Gasteiger partial charge in [0.1, 0.15) is 18.8 Å². The van der Waals surface area contributed by atoms with Crippen molar-refractivity contribution in [2.75, 3.05) is 45.4 Å². The number of anilines is 1. The van der Waals surface area contributed by atoms with Crippen LogP contribution >= 0.6 is 0 Å².